The van der Waals surface area contributed by atoms with Crippen LogP contribution in [0.15, 0.2) is 133 Å². The minimum absolute atomic E-state index is 0.0733. The Morgan fingerprint density at radius 2 is 0.947 bits per heavy atom. The Morgan fingerprint density at radius 1 is 0.549 bits per heavy atom. The number of nitrogens with zero attached hydrogens (tertiary/aromatic N) is 6. The van der Waals surface area contributed by atoms with Crippen LogP contribution in [0, 0.1) is 34.5 Å². The van der Waals surface area contributed by atoms with Crippen molar-refractivity contribution in [2.45, 2.75) is 255 Å². The van der Waals surface area contributed by atoms with E-state index in [0.29, 0.717) is 70.1 Å². The Bertz CT molecular complexity index is 4820. The van der Waals surface area contributed by atoms with Crippen molar-refractivity contribution in [3.05, 3.63) is 145 Å². The van der Waals surface area contributed by atoms with E-state index >= 15 is 0 Å². The van der Waals surface area contributed by atoms with Gasteiger partial charge in [0.2, 0.25) is 37.8 Å². The number of amides is 3. The molecule has 2 aromatic heterocycles. The van der Waals surface area contributed by atoms with Crippen molar-refractivity contribution >= 4 is 89.3 Å². The number of carboxylic acid groups (broad SMARTS) is 1. The summed E-state index contributed by atoms with van der Waals surface area (Å²) in [4.78, 5) is 123. The first-order valence-electron chi connectivity index (χ1n) is 40.0. The highest BCUT2D eigenvalue weighted by atomic mass is 32.2. The van der Waals surface area contributed by atoms with Gasteiger partial charge in [0.25, 0.3) is 12.0 Å². The molecule has 113 heavy (non-hydrogen) atoms. The minimum Gasteiger partial charge on any atom is -0.481 e. The molecular formula is C86H110N8O17S2. The Balaban J connectivity index is 0.000000191. The SMILES string of the molecule is CC(C)(C)OC(=O)C[C@H]1CCCCC/C=C\[C@@H]2C[C@@]2(C(=O)NS(=O)(=O)C2(C)CC2)CC(=O)[C@@H]2C[C@@H](Oc3nc4ccccc4n3Cc3ccccc3)CN2C1=O.CC(C)(C)OC(=O)C[C@H]1CCCCC/C=C\[C@@H]2C[C@@]2(C(=O)O)CC(=O)[C@@H]2C[C@@H](Oc3nc4ccccc4n3Cc3ccccc3)CN2C1=O.CC1(S(N)(=O)=O)CC1. The van der Waals surface area contributed by atoms with E-state index in [0.717, 1.165) is 91.0 Å². The van der Waals surface area contributed by atoms with Gasteiger partial charge in [-0.05, 0) is 180 Å². The maximum Gasteiger partial charge on any atom is 0.310 e. The first-order chi connectivity index (χ1) is 53.5. The van der Waals surface area contributed by atoms with Crippen molar-refractivity contribution in [2.75, 3.05) is 13.1 Å². The highest BCUT2D eigenvalue weighted by molar-refractivity contribution is 7.91. The van der Waals surface area contributed by atoms with Crippen LogP contribution in [0.4, 0.5) is 0 Å². The summed E-state index contributed by atoms with van der Waals surface area (Å²) in [7, 11) is -7.17. The van der Waals surface area contributed by atoms with Gasteiger partial charge < -0.3 is 33.9 Å². The number of nitrogens with two attached hydrogens (primary N) is 1. The van der Waals surface area contributed by atoms with Crippen LogP contribution in [-0.4, -0.2) is 156 Å². The average molecular weight is 1590 g/mol. The van der Waals surface area contributed by atoms with Gasteiger partial charge >= 0.3 is 17.9 Å². The lowest BCUT2D eigenvalue weighted by Crippen LogP contribution is -2.47. The first-order valence-corrected chi connectivity index (χ1v) is 43.1. The molecule has 25 nitrogen and oxygen atoms in total. The molecule has 2 saturated heterocycles. The van der Waals surface area contributed by atoms with Crippen molar-refractivity contribution < 1.29 is 79.2 Å². The smallest absolute Gasteiger partial charge is 0.310 e. The molecule has 6 fully saturated rings. The molecule has 608 valence electrons. The van der Waals surface area contributed by atoms with Gasteiger partial charge in [-0.3, -0.25) is 52.2 Å². The number of primary sulfonamides is 1. The van der Waals surface area contributed by atoms with Gasteiger partial charge in [0.1, 0.15) is 23.4 Å². The predicted molar refractivity (Wildman–Crippen MR) is 425 cm³/mol. The summed E-state index contributed by atoms with van der Waals surface area (Å²) in [6.07, 6.45) is 16.9. The van der Waals surface area contributed by atoms with E-state index in [2.05, 4.69) is 4.72 Å². The number of imidazole rings is 2. The highest BCUT2D eigenvalue weighted by Crippen LogP contribution is 2.59. The van der Waals surface area contributed by atoms with E-state index in [9.17, 15) is 60.3 Å². The molecule has 0 bridgehead atoms. The largest absolute Gasteiger partial charge is 0.481 e. The molecule has 4 aliphatic carbocycles. The number of rotatable bonds is 17. The quantitative estimate of drug-likeness (QED) is 0.0564. The van der Waals surface area contributed by atoms with Crippen molar-refractivity contribution in [1.29, 1.82) is 0 Å². The fourth-order valence-electron chi connectivity index (χ4n) is 16.1. The van der Waals surface area contributed by atoms with Crippen molar-refractivity contribution in [3.8, 4) is 12.0 Å². The summed E-state index contributed by atoms with van der Waals surface area (Å²) < 4.78 is 76.7. The molecule has 3 amide bonds. The molecule has 10 atom stereocenters. The number of fused-ring (bicyclic) bond motifs is 6. The number of carboxylic acids is 1. The molecule has 4 aliphatic heterocycles. The van der Waals surface area contributed by atoms with Crippen LogP contribution in [0.1, 0.15) is 208 Å². The van der Waals surface area contributed by atoms with E-state index < -0.39 is 112 Å². The van der Waals surface area contributed by atoms with Crippen LogP contribution in [-0.2, 0) is 81.0 Å². The number of nitrogens with one attached hydrogen (secondary N) is 1. The van der Waals surface area contributed by atoms with Gasteiger partial charge in [-0.1, -0.05) is 135 Å². The Hall–Kier alpha value is -9.08. The highest BCUT2D eigenvalue weighted by Gasteiger charge is 2.64. The molecule has 4 aromatic carbocycles. The van der Waals surface area contributed by atoms with Gasteiger partial charge in [-0.15, -0.1) is 0 Å². The fraction of sp³-hybridized carbons (Fsp3) is 0.558. The first kappa shape index (κ1) is 83.4. The number of sulfonamides is 2. The van der Waals surface area contributed by atoms with Gasteiger partial charge in [0.15, 0.2) is 11.6 Å². The van der Waals surface area contributed by atoms with E-state index in [4.69, 9.17) is 34.1 Å². The van der Waals surface area contributed by atoms with Crippen LogP contribution in [0.25, 0.3) is 22.1 Å². The lowest BCUT2D eigenvalue weighted by Gasteiger charge is -2.29. The van der Waals surface area contributed by atoms with Crippen LogP contribution in [0.3, 0.4) is 0 Å². The topological polar surface area (TPSA) is 342 Å². The molecule has 0 unspecified atom stereocenters. The molecule has 6 aromatic rings. The molecule has 8 aliphatic rings. The van der Waals surface area contributed by atoms with E-state index in [1.165, 1.54) is 4.90 Å². The second-order valence-electron chi connectivity index (χ2n) is 34.9. The number of ether oxygens (including phenoxy) is 4. The third-order valence-electron chi connectivity index (χ3n) is 23.5. The van der Waals surface area contributed by atoms with Gasteiger partial charge in [-0.25, -0.2) is 22.0 Å². The number of hydrogen-bond acceptors (Lipinski definition) is 18. The number of esters is 2. The summed E-state index contributed by atoms with van der Waals surface area (Å²) in [5.41, 5.74) is 1.54. The molecular weight excluding hydrogens is 1480 g/mol. The second-order valence-corrected chi connectivity index (χ2v) is 39.2. The molecule has 0 radical (unpaired) electrons. The number of hydrogen-bond donors (Lipinski definition) is 3. The number of carbonyl (C=O) groups is 8. The maximum absolute atomic E-state index is 14.7. The zero-order chi connectivity index (χ0) is 81.1. The normalized spacial score (nSPS) is 27.1. The zero-order valence-electron chi connectivity index (χ0n) is 66.3. The number of Topliss-reactive ketones (excluding diaryl/α,β-unsaturated/α-hetero) is 2. The van der Waals surface area contributed by atoms with Crippen LogP contribution in [0.5, 0.6) is 12.0 Å². The molecule has 27 heteroatoms. The predicted octanol–water partition coefficient (Wildman–Crippen LogP) is 12.4. The summed E-state index contributed by atoms with van der Waals surface area (Å²) >= 11 is 0. The Kier molecular flexibility index (Phi) is 24.9. The van der Waals surface area contributed by atoms with Crippen molar-refractivity contribution in [1.82, 2.24) is 33.6 Å². The van der Waals surface area contributed by atoms with E-state index in [1.807, 2.05) is 143 Å². The molecule has 14 rings (SSSR count). The zero-order valence-corrected chi connectivity index (χ0v) is 67.9. The Morgan fingerprint density at radius 3 is 1.35 bits per heavy atom. The van der Waals surface area contributed by atoms with E-state index in [1.54, 1.807) is 60.3 Å². The van der Waals surface area contributed by atoms with Crippen LogP contribution >= 0.6 is 0 Å². The third-order valence-corrected chi connectivity index (χ3v) is 27.5. The monoisotopic (exact) mass is 1590 g/mol. The maximum atomic E-state index is 14.7. The third kappa shape index (κ3) is 20.2. The number of aromatic nitrogens is 4. The number of benzene rings is 4. The number of ketones is 2. The lowest BCUT2D eigenvalue weighted by atomic mass is 9.90. The van der Waals surface area contributed by atoms with Crippen molar-refractivity contribution in [2.24, 2.45) is 39.6 Å². The lowest BCUT2D eigenvalue weighted by molar-refractivity contribution is -0.159. The van der Waals surface area contributed by atoms with Crippen molar-refractivity contribution in [3.63, 3.8) is 0 Å². The number of para-hydroxylation sites is 4. The standard InChI is InChI=1S/C43H54N4O8S.C39H47N3O7.C4H9NO2S/c1-41(2,3)55-37(49)23-30-17-11-6-5-7-12-18-31-25-43(31,39(51)45-56(52,53)42(4)21-22-42)26-36(48)35-24-32(28-46(35)38(30)50)54-40-44-33-19-13-14-20-34(33)47(40)27-29-15-9-8-10-16-29;1-38(2,3)49-34(44)20-27-16-10-5-4-6-11-17-28-22-39(28,36(46)47)23-33(43)32-21-29(25-41(32)35(27)45)48-37-40-30-18-12-13-19-31(30)42(37)24-26-14-8-7-9-15-26;1-4(2-3-4)8(5,6)7/h8-10,12-16,18-20,30-32,35H,5-7,11,17,21-28H2,1-4H3,(H,45,51);7-9,11-15,17-19,27-29,32H,4-6,10,16,20-25H2,1-3H3,(H,46,47);2-3H2,1H3,(H2,5,6,7)/b18-12-;17-11-;/t30-,31-,32-,35+,43-;27-,28-,29-,32+,39-;/m11./s1. The molecule has 4 N–H and O–H groups in total. The molecule has 4 saturated carbocycles. The number of aliphatic carboxylic acids is 1. The summed E-state index contributed by atoms with van der Waals surface area (Å²) in [5, 5.41) is 15.1. The van der Waals surface area contributed by atoms with Crippen LogP contribution in [0.2, 0.25) is 0 Å². The number of allylic oxidation sites excluding steroid dienone is 4. The average Bonchev–Trinajstić information content (AvgIpc) is 1.57. The fourth-order valence-corrected chi connectivity index (χ4v) is 18.1. The second kappa shape index (κ2) is 33.8. The minimum atomic E-state index is -3.94. The molecule has 0 spiro atoms. The summed E-state index contributed by atoms with van der Waals surface area (Å²) in [6, 6.07) is 34.3. The molecule has 6 heterocycles. The van der Waals surface area contributed by atoms with Crippen LogP contribution < -0.4 is 19.3 Å². The van der Waals surface area contributed by atoms with E-state index in [-0.39, 0.29) is 86.8 Å². The summed E-state index contributed by atoms with van der Waals surface area (Å²) in [5.74, 6) is -5.77. The summed E-state index contributed by atoms with van der Waals surface area (Å²) in [6.45, 7) is 15.2. The van der Waals surface area contributed by atoms with Gasteiger partial charge in [0, 0.05) is 37.5 Å². The number of carbonyl (C=O) groups excluding carboxylic acids is 7. The Labute approximate surface area is 662 Å². The van der Waals surface area contributed by atoms with Gasteiger partial charge in [0.05, 0.1) is 93.5 Å². The van der Waals surface area contributed by atoms with Gasteiger partial charge in [-0.2, -0.15) is 9.97 Å².